The largest absolute Gasteiger partial charge is 0.480 e. The summed E-state index contributed by atoms with van der Waals surface area (Å²) in [7, 11) is 0. The topological polar surface area (TPSA) is 190 Å². The van der Waals surface area contributed by atoms with E-state index in [-0.39, 0.29) is 43.2 Å². The summed E-state index contributed by atoms with van der Waals surface area (Å²) < 4.78 is 0. The number of carboxylic acid groups (broad SMARTS) is 2. The van der Waals surface area contributed by atoms with Crippen molar-refractivity contribution in [1.82, 2.24) is 19.6 Å². The Balaban J connectivity index is 2.26. The molecule has 1 unspecified atom stereocenters. The van der Waals surface area contributed by atoms with E-state index in [1.807, 2.05) is 0 Å². The van der Waals surface area contributed by atoms with E-state index in [1.54, 1.807) is 9.80 Å². The molecule has 220 valence electrons. The highest BCUT2D eigenvalue weighted by Crippen LogP contribution is 2.30. The number of aliphatic carboxylic acids is 2. The van der Waals surface area contributed by atoms with Crippen molar-refractivity contribution in [3.8, 4) is 0 Å². The molecule has 0 radical (unpaired) electrons. The molecule has 0 spiro atoms. The van der Waals surface area contributed by atoms with Crippen LogP contribution >= 0.6 is 0 Å². The van der Waals surface area contributed by atoms with E-state index in [4.69, 9.17) is 10.5 Å². The zero-order chi connectivity index (χ0) is 27.9. The Morgan fingerprint density at radius 3 is 1.79 bits per heavy atom. The van der Waals surface area contributed by atoms with Crippen LogP contribution in [0.15, 0.2) is 0 Å². The molecule has 1 aliphatic carbocycles. The predicted molar refractivity (Wildman–Crippen MR) is 134 cm³/mol. The molecule has 1 aliphatic heterocycles. The van der Waals surface area contributed by atoms with E-state index in [0.29, 0.717) is 71.7 Å². The van der Waals surface area contributed by atoms with Crippen molar-refractivity contribution in [1.29, 1.82) is 0 Å². The first-order valence-corrected chi connectivity index (χ1v) is 13.2. The molecule has 2 fully saturated rings. The van der Waals surface area contributed by atoms with Crippen LogP contribution in [-0.2, 0) is 19.4 Å². The maximum atomic E-state index is 11.5. The van der Waals surface area contributed by atoms with Gasteiger partial charge >= 0.3 is 11.9 Å². The first-order chi connectivity index (χ1) is 18.2. The molecule has 0 aromatic carbocycles. The molecule has 15 nitrogen and oxygen atoms in total. The van der Waals surface area contributed by atoms with Gasteiger partial charge in [-0.15, -0.1) is 0 Å². The number of hydrogen-bond donors (Lipinski definition) is 4. The lowest BCUT2D eigenvalue weighted by Crippen LogP contribution is -2.52. The quantitative estimate of drug-likeness (QED) is 0.136. The molecule has 1 saturated heterocycles. The molecule has 0 aromatic heterocycles. The van der Waals surface area contributed by atoms with Crippen LogP contribution in [0.4, 0.5) is 0 Å². The van der Waals surface area contributed by atoms with Gasteiger partial charge in [-0.3, -0.25) is 49.8 Å². The number of rotatable bonds is 13. The van der Waals surface area contributed by atoms with E-state index < -0.39 is 18.0 Å². The third kappa shape index (κ3) is 12.3. The van der Waals surface area contributed by atoms with Crippen LogP contribution in [-0.4, -0.2) is 154 Å². The molecule has 38 heavy (non-hydrogen) atoms. The van der Waals surface area contributed by atoms with Gasteiger partial charge in [0.25, 0.3) is 0 Å². The fourth-order valence-corrected chi connectivity index (χ4v) is 5.47. The Bertz CT molecular complexity index is 725. The van der Waals surface area contributed by atoms with Crippen molar-refractivity contribution >= 4 is 11.9 Å². The highest BCUT2D eigenvalue weighted by molar-refractivity contribution is 5.69. The normalized spacial score (nSPS) is 25.9. The SMILES string of the molecule is O=C(O)CN1CCN(CC(=O)O)CCN(CCOO)C(CC2CCC([N+](=O)[O-])CC2)CN(CCOO)CC1. The lowest BCUT2D eigenvalue weighted by atomic mass is 9.82. The summed E-state index contributed by atoms with van der Waals surface area (Å²) >= 11 is 0. The summed E-state index contributed by atoms with van der Waals surface area (Å²) in [5.74, 6) is -1.66. The van der Waals surface area contributed by atoms with Crippen LogP contribution in [0.25, 0.3) is 0 Å². The van der Waals surface area contributed by atoms with Crippen molar-refractivity contribution in [3.05, 3.63) is 10.1 Å². The number of carboxylic acids is 2. The molecule has 4 N–H and O–H groups in total. The Kier molecular flexibility index (Phi) is 14.9. The van der Waals surface area contributed by atoms with E-state index in [9.17, 15) is 29.9 Å². The maximum absolute atomic E-state index is 11.5. The summed E-state index contributed by atoms with van der Waals surface area (Å²) in [5, 5.41) is 48.0. The van der Waals surface area contributed by atoms with Gasteiger partial charge in [0.05, 0.1) is 26.3 Å². The van der Waals surface area contributed by atoms with E-state index in [0.717, 1.165) is 19.3 Å². The summed E-state index contributed by atoms with van der Waals surface area (Å²) in [6, 6.07) is -0.551. The average Bonchev–Trinajstić information content (AvgIpc) is 2.86. The number of nitro groups is 1. The molecule has 2 rings (SSSR count). The third-order valence-corrected chi connectivity index (χ3v) is 7.56. The second-order valence-corrected chi connectivity index (χ2v) is 10.2. The van der Waals surface area contributed by atoms with Crippen LogP contribution in [0.1, 0.15) is 32.1 Å². The van der Waals surface area contributed by atoms with Gasteiger partial charge in [0, 0.05) is 82.7 Å². The predicted octanol–water partition coefficient (Wildman–Crippen LogP) is -0.0494. The second kappa shape index (κ2) is 17.6. The van der Waals surface area contributed by atoms with Crippen molar-refractivity contribution in [2.75, 3.05) is 85.2 Å². The zero-order valence-corrected chi connectivity index (χ0v) is 21.9. The lowest BCUT2D eigenvalue weighted by molar-refractivity contribution is -0.527. The molecule has 0 bridgehead atoms. The van der Waals surface area contributed by atoms with Gasteiger partial charge in [-0.1, -0.05) is 0 Å². The summed E-state index contributed by atoms with van der Waals surface area (Å²) in [6.07, 6.45) is 3.29. The van der Waals surface area contributed by atoms with Crippen LogP contribution in [0, 0.1) is 16.0 Å². The van der Waals surface area contributed by atoms with Crippen molar-refractivity contribution < 1.29 is 45.0 Å². The monoisotopic (exact) mass is 549 g/mol. The van der Waals surface area contributed by atoms with Gasteiger partial charge in [-0.05, 0) is 25.2 Å². The highest BCUT2D eigenvalue weighted by Gasteiger charge is 2.32. The Hall–Kier alpha value is -1.98. The zero-order valence-electron chi connectivity index (χ0n) is 21.9. The average molecular weight is 550 g/mol. The second-order valence-electron chi connectivity index (χ2n) is 10.2. The summed E-state index contributed by atoms with van der Waals surface area (Å²) in [6.45, 7) is 3.77. The Morgan fingerprint density at radius 2 is 1.29 bits per heavy atom. The Labute approximate surface area is 222 Å². The van der Waals surface area contributed by atoms with Crippen LogP contribution < -0.4 is 0 Å². The molecular formula is C23H43N5O10. The smallest absolute Gasteiger partial charge is 0.317 e. The standard InChI is InChI=1S/C23H43N5O10/c29-22(30)17-24-5-6-25(18-23(31)32)9-10-27(12-14-38-36)21(16-26(8-7-24)11-13-37-35)15-19-1-3-20(4-2-19)28(33)34/h19-21,35-36H,1-18H2,(H,29,30)(H,31,32). The molecule has 1 atom stereocenters. The summed E-state index contributed by atoms with van der Waals surface area (Å²) in [5.41, 5.74) is 0. The Morgan fingerprint density at radius 1 is 0.789 bits per heavy atom. The molecule has 0 amide bonds. The van der Waals surface area contributed by atoms with Gasteiger partial charge in [0.1, 0.15) is 0 Å². The van der Waals surface area contributed by atoms with E-state index >= 15 is 0 Å². The molecule has 0 aromatic rings. The van der Waals surface area contributed by atoms with Crippen LogP contribution in [0.2, 0.25) is 0 Å². The molecule has 15 heteroatoms. The summed E-state index contributed by atoms with van der Waals surface area (Å²) in [4.78, 5) is 50.5. The first kappa shape index (κ1) is 32.2. The minimum atomic E-state index is -0.971. The van der Waals surface area contributed by atoms with E-state index in [1.165, 1.54) is 0 Å². The first-order valence-electron chi connectivity index (χ1n) is 13.2. The van der Waals surface area contributed by atoms with Gasteiger partial charge in [0.15, 0.2) is 0 Å². The van der Waals surface area contributed by atoms with Crippen molar-refractivity contribution in [3.63, 3.8) is 0 Å². The van der Waals surface area contributed by atoms with Crippen LogP contribution in [0.3, 0.4) is 0 Å². The van der Waals surface area contributed by atoms with Gasteiger partial charge in [0.2, 0.25) is 6.04 Å². The van der Waals surface area contributed by atoms with Gasteiger partial charge < -0.3 is 10.2 Å². The minimum absolute atomic E-state index is 0.0416. The fraction of sp³-hybridized carbons (Fsp3) is 0.913. The van der Waals surface area contributed by atoms with Crippen molar-refractivity contribution in [2.45, 2.75) is 44.2 Å². The van der Waals surface area contributed by atoms with Gasteiger partial charge in [-0.2, -0.15) is 0 Å². The minimum Gasteiger partial charge on any atom is -0.480 e. The number of carbonyl (C=O) groups is 2. The lowest BCUT2D eigenvalue weighted by Gasteiger charge is -2.40. The van der Waals surface area contributed by atoms with Crippen molar-refractivity contribution in [2.24, 2.45) is 5.92 Å². The molecule has 2 aliphatic rings. The molecular weight excluding hydrogens is 506 g/mol. The van der Waals surface area contributed by atoms with E-state index in [2.05, 4.69) is 19.6 Å². The molecule has 1 heterocycles. The molecule has 1 saturated carbocycles. The maximum Gasteiger partial charge on any atom is 0.317 e. The number of hydrogen-bond acceptors (Lipinski definition) is 12. The van der Waals surface area contributed by atoms with Gasteiger partial charge in [-0.25, -0.2) is 9.78 Å². The number of nitrogens with zero attached hydrogens (tertiary/aromatic N) is 5. The highest BCUT2D eigenvalue weighted by atomic mass is 17.1. The fourth-order valence-electron chi connectivity index (χ4n) is 5.47. The third-order valence-electron chi connectivity index (χ3n) is 7.56. The van der Waals surface area contributed by atoms with Crippen LogP contribution in [0.5, 0.6) is 0 Å².